The van der Waals surface area contributed by atoms with E-state index in [1.165, 1.54) is 30.3 Å². The van der Waals surface area contributed by atoms with Crippen molar-refractivity contribution in [1.29, 1.82) is 0 Å². The van der Waals surface area contributed by atoms with E-state index in [4.69, 9.17) is 4.42 Å². The van der Waals surface area contributed by atoms with Gasteiger partial charge < -0.3 is 14.8 Å². The van der Waals surface area contributed by atoms with Crippen LogP contribution in [0.2, 0.25) is 0 Å². The molecule has 0 atom stereocenters. The topological polar surface area (TPSA) is 75.4 Å². The van der Waals surface area contributed by atoms with Crippen molar-refractivity contribution >= 4 is 22.7 Å². The number of hydrogen-bond donors (Lipinski definition) is 2. The van der Waals surface area contributed by atoms with Crippen molar-refractivity contribution in [3.8, 4) is 17.2 Å². The third-order valence-electron chi connectivity index (χ3n) is 3.89. The Morgan fingerprint density at radius 1 is 1.04 bits per heavy atom. The first kappa shape index (κ1) is 15.8. The highest BCUT2D eigenvalue weighted by Gasteiger charge is 2.14. The van der Waals surface area contributed by atoms with E-state index >= 15 is 0 Å². The predicted molar refractivity (Wildman–Crippen MR) is 95.5 cm³/mol. The summed E-state index contributed by atoms with van der Waals surface area (Å²) in [4.78, 5) is 16.5. The smallest absolute Gasteiger partial charge is 0.255 e. The lowest BCUT2D eigenvalue weighted by Crippen LogP contribution is -2.11. The van der Waals surface area contributed by atoms with E-state index in [1.807, 2.05) is 18.2 Å². The Morgan fingerprint density at radius 2 is 1.81 bits per heavy atom. The van der Waals surface area contributed by atoms with Crippen LogP contribution in [0, 0.1) is 5.82 Å². The molecule has 4 rings (SSSR count). The Hall–Kier alpha value is -3.67. The number of nitrogens with zero attached hydrogens (tertiary/aromatic N) is 1. The summed E-state index contributed by atoms with van der Waals surface area (Å²) in [6.45, 7) is 0. The molecule has 6 heteroatoms. The number of benzene rings is 3. The highest BCUT2D eigenvalue weighted by atomic mass is 19.1. The maximum Gasteiger partial charge on any atom is 0.255 e. The third kappa shape index (κ3) is 3.00. The quantitative estimate of drug-likeness (QED) is 0.568. The van der Waals surface area contributed by atoms with E-state index in [1.54, 1.807) is 18.2 Å². The first-order chi connectivity index (χ1) is 12.6. The third-order valence-corrected chi connectivity index (χ3v) is 3.89. The molecule has 1 heterocycles. The highest BCUT2D eigenvalue weighted by molar-refractivity contribution is 6.04. The Labute approximate surface area is 147 Å². The molecule has 5 nitrogen and oxygen atoms in total. The van der Waals surface area contributed by atoms with Gasteiger partial charge >= 0.3 is 0 Å². The summed E-state index contributed by atoms with van der Waals surface area (Å²) in [6, 6.07) is 17.1. The van der Waals surface area contributed by atoms with Crippen molar-refractivity contribution in [1.82, 2.24) is 4.98 Å². The molecule has 1 aromatic heterocycles. The fourth-order valence-electron chi connectivity index (χ4n) is 2.58. The molecule has 0 aliphatic heterocycles. The SMILES string of the molecule is O=C(Nc1ccc(-c2nc3ccccc3o2)c(O)c1)c1ccc(F)cc1. The lowest BCUT2D eigenvalue weighted by atomic mass is 10.1. The number of carbonyl (C=O) groups excluding carboxylic acids is 1. The second-order valence-electron chi connectivity index (χ2n) is 5.68. The normalized spacial score (nSPS) is 10.8. The molecule has 2 N–H and O–H groups in total. The maximum atomic E-state index is 12.9. The monoisotopic (exact) mass is 348 g/mol. The molecule has 0 aliphatic carbocycles. The van der Waals surface area contributed by atoms with Crippen molar-refractivity contribution in [2.75, 3.05) is 5.32 Å². The molecule has 0 radical (unpaired) electrons. The van der Waals surface area contributed by atoms with E-state index in [9.17, 15) is 14.3 Å². The number of oxazole rings is 1. The Bertz CT molecular complexity index is 1070. The minimum Gasteiger partial charge on any atom is -0.507 e. The summed E-state index contributed by atoms with van der Waals surface area (Å²) in [6.07, 6.45) is 0. The fraction of sp³-hybridized carbons (Fsp3) is 0. The second-order valence-corrected chi connectivity index (χ2v) is 5.68. The summed E-state index contributed by atoms with van der Waals surface area (Å²) in [5.74, 6) is -0.602. The lowest BCUT2D eigenvalue weighted by Gasteiger charge is -2.07. The summed E-state index contributed by atoms with van der Waals surface area (Å²) in [5, 5.41) is 12.9. The van der Waals surface area contributed by atoms with Crippen LogP contribution in [0.5, 0.6) is 5.75 Å². The largest absolute Gasteiger partial charge is 0.507 e. The number of fused-ring (bicyclic) bond motifs is 1. The van der Waals surface area contributed by atoms with Crippen LogP contribution in [-0.2, 0) is 0 Å². The summed E-state index contributed by atoms with van der Waals surface area (Å²) < 4.78 is 18.6. The average molecular weight is 348 g/mol. The Morgan fingerprint density at radius 3 is 2.54 bits per heavy atom. The number of anilines is 1. The van der Waals surface area contributed by atoms with Crippen LogP contribution in [0.1, 0.15) is 10.4 Å². The van der Waals surface area contributed by atoms with E-state index < -0.39 is 11.7 Å². The molecular weight excluding hydrogens is 335 g/mol. The zero-order valence-electron chi connectivity index (χ0n) is 13.4. The number of phenolic OH excluding ortho intramolecular Hbond substituents is 1. The molecule has 0 bridgehead atoms. The van der Waals surface area contributed by atoms with E-state index in [0.29, 0.717) is 33.8 Å². The highest BCUT2D eigenvalue weighted by Crippen LogP contribution is 2.33. The number of nitrogens with one attached hydrogen (secondary N) is 1. The van der Waals surface area contributed by atoms with Gasteiger partial charge in [-0.1, -0.05) is 12.1 Å². The molecule has 26 heavy (non-hydrogen) atoms. The van der Waals surface area contributed by atoms with Gasteiger partial charge in [0.25, 0.3) is 5.91 Å². The minimum atomic E-state index is -0.415. The van der Waals surface area contributed by atoms with Gasteiger partial charge in [0.05, 0.1) is 5.56 Å². The van der Waals surface area contributed by atoms with Gasteiger partial charge in [0, 0.05) is 17.3 Å². The molecule has 4 aromatic rings. The fourth-order valence-corrected chi connectivity index (χ4v) is 2.58. The molecule has 0 fully saturated rings. The number of para-hydroxylation sites is 2. The van der Waals surface area contributed by atoms with Gasteiger partial charge in [-0.3, -0.25) is 4.79 Å². The zero-order valence-corrected chi connectivity index (χ0v) is 13.4. The number of phenols is 1. The molecule has 0 saturated carbocycles. The number of aromatic hydroxyl groups is 1. The maximum absolute atomic E-state index is 12.9. The molecule has 1 amide bonds. The van der Waals surface area contributed by atoms with Gasteiger partial charge in [-0.05, 0) is 48.5 Å². The van der Waals surface area contributed by atoms with Gasteiger partial charge in [-0.25, -0.2) is 9.37 Å². The summed E-state index contributed by atoms with van der Waals surface area (Å²) in [5.41, 5.74) is 2.44. The first-order valence-corrected chi connectivity index (χ1v) is 7.86. The molecule has 0 saturated heterocycles. The molecular formula is C20H13FN2O3. The molecule has 128 valence electrons. The van der Waals surface area contributed by atoms with Crippen molar-refractivity contribution < 1.29 is 18.7 Å². The lowest BCUT2D eigenvalue weighted by molar-refractivity contribution is 0.102. The number of amides is 1. The van der Waals surface area contributed by atoms with Crippen molar-refractivity contribution in [3.05, 3.63) is 78.1 Å². The van der Waals surface area contributed by atoms with Crippen LogP contribution in [0.3, 0.4) is 0 Å². The van der Waals surface area contributed by atoms with E-state index in [0.717, 1.165) is 0 Å². The Balaban J connectivity index is 1.59. The molecule has 0 unspecified atom stereocenters. The molecule has 3 aromatic carbocycles. The second kappa shape index (κ2) is 6.33. The summed E-state index contributed by atoms with van der Waals surface area (Å²) >= 11 is 0. The molecule has 0 aliphatic rings. The van der Waals surface area contributed by atoms with Gasteiger partial charge in [-0.2, -0.15) is 0 Å². The number of carbonyl (C=O) groups is 1. The zero-order chi connectivity index (χ0) is 18.1. The van der Waals surface area contributed by atoms with Gasteiger partial charge in [0.15, 0.2) is 5.58 Å². The van der Waals surface area contributed by atoms with Crippen LogP contribution >= 0.6 is 0 Å². The van der Waals surface area contributed by atoms with Crippen LogP contribution in [0.25, 0.3) is 22.6 Å². The first-order valence-electron chi connectivity index (χ1n) is 7.86. The molecule has 0 spiro atoms. The van der Waals surface area contributed by atoms with Gasteiger partial charge in [0.2, 0.25) is 5.89 Å². The van der Waals surface area contributed by atoms with E-state index in [2.05, 4.69) is 10.3 Å². The number of hydrogen-bond acceptors (Lipinski definition) is 4. The van der Waals surface area contributed by atoms with Gasteiger partial charge in [-0.15, -0.1) is 0 Å². The predicted octanol–water partition coefficient (Wildman–Crippen LogP) is 4.59. The number of rotatable bonds is 3. The van der Waals surface area contributed by atoms with E-state index in [-0.39, 0.29) is 5.75 Å². The minimum absolute atomic E-state index is 0.0755. The number of halogens is 1. The standard InChI is InChI=1S/C20H13FN2O3/c21-13-7-5-12(6-8-13)19(25)22-14-9-10-15(17(24)11-14)20-23-16-3-1-2-4-18(16)26-20/h1-11,24H,(H,22,25). The van der Waals surface area contributed by atoms with Crippen molar-refractivity contribution in [2.24, 2.45) is 0 Å². The van der Waals surface area contributed by atoms with Crippen molar-refractivity contribution in [2.45, 2.75) is 0 Å². The van der Waals surface area contributed by atoms with Crippen molar-refractivity contribution in [3.63, 3.8) is 0 Å². The van der Waals surface area contributed by atoms with Crippen LogP contribution in [0.4, 0.5) is 10.1 Å². The number of aromatic nitrogens is 1. The van der Waals surface area contributed by atoms with Crippen LogP contribution < -0.4 is 5.32 Å². The Kier molecular flexibility index (Phi) is 3.85. The van der Waals surface area contributed by atoms with Gasteiger partial charge in [0.1, 0.15) is 17.1 Å². The summed E-state index contributed by atoms with van der Waals surface area (Å²) in [7, 11) is 0. The van der Waals surface area contributed by atoms with Crippen LogP contribution in [0.15, 0.2) is 71.1 Å². The average Bonchev–Trinajstić information content (AvgIpc) is 3.06. The van der Waals surface area contributed by atoms with Crippen LogP contribution in [-0.4, -0.2) is 16.0 Å².